The number of nitrogens with two attached hydrogens (primary N) is 1. The summed E-state index contributed by atoms with van der Waals surface area (Å²) in [5.74, 6) is -1.94. The van der Waals surface area contributed by atoms with Crippen LogP contribution in [-0.4, -0.2) is 54.3 Å². The van der Waals surface area contributed by atoms with Gasteiger partial charge < -0.3 is 10.6 Å². The van der Waals surface area contributed by atoms with E-state index < -0.39 is 11.6 Å². The average molecular weight is 337 g/mol. The Kier molecular flexibility index (Phi) is 4.80. The summed E-state index contributed by atoms with van der Waals surface area (Å²) in [6, 6.07) is 3.52. The Morgan fingerprint density at radius 1 is 1.17 bits per heavy atom. The smallest absolute Gasteiger partial charge is 0.231 e. The number of amides is 2. The molecule has 1 saturated heterocycles. The van der Waals surface area contributed by atoms with Crippen molar-refractivity contribution in [2.24, 2.45) is 11.7 Å². The first-order chi connectivity index (χ1) is 11.5. The molecule has 7 heteroatoms. The van der Waals surface area contributed by atoms with E-state index in [0.717, 1.165) is 19.0 Å². The molecule has 2 N–H and O–H groups in total. The number of nitrogens with zero attached hydrogens (tertiary/aromatic N) is 2. The van der Waals surface area contributed by atoms with Crippen LogP contribution < -0.4 is 5.73 Å². The number of carbonyl (C=O) groups is 2. The summed E-state index contributed by atoms with van der Waals surface area (Å²) < 4.78 is 26.8. The number of halogens is 2. The number of benzene rings is 1. The first-order valence-electron chi connectivity index (χ1n) is 8.20. The van der Waals surface area contributed by atoms with E-state index in [1.165, 1.54) is 12.1 Å². The lowest BCUT2D eigenvalue weighted by molar-refractivity contribution is -0.132. The largest absolute Gasteiger partial charge is 0.369 e. The van der Waals surface area contributed by atoms with Gasteiger partial charge in [0, 0.05) is 38.2 Å². The van der Waals surface area contributed by atoms with Gasteiger partial charge in [-0.15, -0.1) is 0 Å². The zero-order valence-corrected chi connectivity index (χ0v) is 13.4. The van der Waals surface area contributed by atoms with Gasteiger partial charge in [-0.3, -0.25) is 14.5 Å². The highest BCUT2D eigenvalue weighted by Gasteiger charge is 2.47. The van der Waals surface area contributed by atoms with Gasteiger partial charge in [-0.2, -0.15) is 0 Å². The molecule has 1 aliphatic carbocycles. The molecule has 24 heavy (non-hydrogen) atoms. The Hall–Kier alpha value is -2.02. The summed E-state index contributed by atoms with van der Waals surface area (Å²) in [5.41, 5.74) is 5.63. The van der Waals surface area contributed by atoms with Crippen molar-refractivity contribution in [3.63, 3.8) is 0 Å². The normalized spacial score (nSPS) is 24.5. The monoisotopic (exact) mass is 337 g/mol. The molecular weight excluding hydrogens is 316 g/mol. The molecule has 1 aromatic rings. The maximum Gasteiger partial charge on any atom is 0.231 e. The fourth-order valence-electron chi connectivity index (χ4n) is 3.42. The minimum atomic E-state index is -0.609. The highest BCUT2D eigenvalue weighted by Crippen LogP contribution is 2.49. The van der Waals surface area contributed by atoms with Gasteiger partial charge in [0.15, 0.2) is 0 Å². The third-order valence-corrected chi connectivity index (χ3v) is 4.75. The van der Waals surface area contributed by atoms with Crippen LogP contribution in [0.2, 0.25) is 0 Å². The van der Waals surface area contributed by atoms with Gasteiger partial charge in [0.05, 0.1) is 6.54 Å². The van der Waals surface area contributed by atoms with Gasteiger partial charge in [0.2, 0.25) is 11.8 Å². The van der Waals surface area contributed by atoms with Crippen LogP contribution in [0.4, 0.5) is 8.78 Å². The molecule has 1 heterocycles. The highest BCUT2D eigenvalue weighted by atomic mass is 19.1. The molecule has 0 unspecified atom stereocenters. The van der Waals surface area contributed by atoms with E-state index in [1.807, 2.05) is 4.90 Å². The van der Waals surface area contributed by atoms with E-state index in [1.54, 1.807) is 4.90 Å². The Balaban J connectivity index is 1.59. The van der Waals surface area contributed by atoms with Crippen LogP contribution in [0.3, 0.4) is 0 Å². The van der Waals surface area contributed by atoms with Crippen LogP contribution >= 0.6 is 0 Å². The fraction of sp³-hybridized carbons (Fsp3) is 0.529. The number of hydrogen-bond donors (Lipinski definition) is 1. The molecule has 2 atom stereocenters. The summed E-state index contributed by atoms with van der Waals surface area (Å²) in [7, 11) is 0. The number of rotatable bonds is 4. The van der Waals surface area contributed by atoms with Crippen molar-refractivity contribution >= 4 is 11.8 Å². The number of primary amides is 1. The van der Waals surface area contributed by atoms with E-state index >= 15 is 0 Å². The lowest BCUT2D eigenvalue weighted by Crippen LogP contribution is -2.38. The lowest BCUT2D eigenvalue weighted by atomic mass is 10.1. The zero-order chi connectivity index (χ0) is 17.3. The van der Waals surface area contributed by atoms with Crippen LogP contribution in [0.15, 0.2) is 18.2 Å². The maximum absolute atomic E-state index is 13.8. The predicted molar refractivity (Wildman–Crippen MR) is 84.0 cm³/mol. The number of carbonyl (C=O) groups excluding carboxylic acids is 2. The van der Waals surface area contributed by atoms with Crippen molar-refractivity contribution in [3.05, 3.63) is 35.4 Å². The van der Waals surface area contributed by atoms with Crippen LogP contribution in [-0.2, 0) is 9.59 Å². The summed E-state index contributed by atoms with van der Waals surface area (Å²) in [4.78, 5) is 27.4. The van der Waals surface area contributed by atoms with Gasteiger partial charge in [-0.1, -0.05) is 6.07 Å². The van der Waals surface area contributed by atoms with E-state index in [-0.39, 0.29) is 30.2 Å². The minimum Gasteiger partial charge on any atom is -0.369 e. The highest BCUT2D eigenvalue weighted by molar-refractivity contribution is 5.83. The summed E-state index contributed by atoms with van der Waals surface area (Å²) in [5, 5.41) is 0. The molecule has 0 radical (unpaired) electrons. The molecule has 1 aliphatic heterocycles. The van der Waals surface area contributed by atoms with Gasteiger partial charge in [0.25, 0.3) is 0 Å². The minimum absolute atomic E-state index is 0.0182. The molecular formula is C17H21F2N3O2. The van der Waals surface area contributed by atoms with Crippen molar-refractivity contribution in [1.82, 2.24) is 9.80 Å². The van der Waals surface area contributed by atoms with Crippen molar-refractivity contribution in [2.75, 3.05) is 32.7 Å². The van der Waals surface area contributed by atoms with Crippen molar-refractivity contribution in [1.29, 1.82) is 0 Å². The van der Waals surface area contributed by atoms with E-state index in [2.05, 4.69) is 0 Å². The molecule has 0 spiro atoms. The topological polar surface area (TPSA) is 66.6 Å². The van der Waals surface area contributed by atoms with Gasteiger partial charge in [-0.05, 0) is 30.4 Å². The second-order valence-corrected chi connectivity index (χ2v) is 6.54. The van der Waals surface area contributed by atoms with Crippen molar-refractivity contribution in [3.8, 4) is 0 Å². The fourth-order valence-corrected chi connectivity index (χ4v) is 3.42. The molecule has 3 rings (SSSR count). The van der Waals surface area contributed by atoms with Crippen LogP contribution in [0.1, 0.15) is 24.3 Å². The third-order valence-electron chi connectivity index (χ3n) is 4.75. The van der Waals surface area contributed by atoms with Crippen LogP contribution in [0, 0.1) is 17.6 Å². The predicted octanol–water partition coefficient (Wildman–Crippen LogP) is 1.09. The Morgan fingerprint density at radius 2 is 1.96 bits per heavy atom. The zero-order valence-electron chi connectivity index (χ0n) is 13.4. The van der Waals surface area contributed by atoms with Crippen LogP contribution in [0.5, 0.6) is 0 Å². The lowest BCUT2D eigenvalue weighted by Gasteiger charge is -2.21. The van der Waals surface area contributed by atoms with Crippen LogP contribution in [0.25, 0.3) is 0 Å². The standard InChI is InChI=1S/C17H21F2N3O2/c18-11-2-3-12(15(19)8-11)13-9-14(13)17(24)22-5-1-4-21(6-7-22)10-16(20)23/h2-3,8,13-14H,1,4-7,9-10H2,(H2,20,23)/t13-,14+/m1/s1. The summed E-state index contributed by atoms with van der Waals surface area (Å²) in [6.07, 6.45) is 1.38. The Morgan fingerprint density at radius 3 is 2.67 bits per heavy atom. The third kappa shape index (κ3) is 3.72. The first kappa shape index (κ1) is 16.8. The van der Waals surface area contributed by atoms with E-state index in [9.17, 15) is 18.4 Å². The second kappa shape index (κ2) is 6.84. The van der Waals surface area contributed by atoms with Crippen molar-refractivity contribution < 1.29 is 18.4 Å². The van der Waals surface area contributed by atoms with Crippen molar-refractivity contribution in [2.45, 2.75) is 18.8 Å². The van der Waals surface area contributed by atoms with E-state index in [4.69, 9.17) is 5.73 Å². The Bertz CT molecular complexity index is 653. The quantitative estimate of drug-likeness (QED) is 0.894. The Labute approximate surface area is 139 Å². The van der Waals surface area contributed by atoms with Gasteiger partial charge in [-0.25, -0.2) is 8.78 Å². The molecule has 2 fully saturated rings. The summed E-state index contributed by atoms with van der Waals surface area (Å²) >= 11 is 0. The number of hydrogen-bond acceptors (Lipinski definition) is 3. The maximum atomic E-state index is 13.8. The molecule has 5 nitrogen and oxygen atoms in total. The molecule has 1 saturated carbocycles. The second-order valence-electron chi connectivity index (χ2n) is 6.54. The molecule has 130 valence electrons. The molecule has 2 aliphatic rings. The van der Waals surface area contributed by atoms with Gasteiger partial charge >= 0.3 is 0 Å². The molecule has 0 bridgehead atoms. The van der Waals surface area contributed by atoms with Gasteiger partial charge in [0.1, 0.15) is 11.6 Å². The average Bonchev–Trinajstić information content (AvgIpc) is 3.30. The summed E-state index contributed by atoms with van der Waals surface area (Å²) in [6.45, 7) is 2.71. The van der Waals surface area contributed by atoms with E-state index in [0.29, 0.717) is 31.6 Å². The molecule has 2 amide bonds. The first-order valence-corrected chi connectivity index (χ1v) is 8.20. The molecule has 1 aromatic carbocycles. The molecule has 0 aromatic heterocycles. The SMILES string of the molecule is NC(=O)CN1CCCN(C(=O)[C@H]2C[C@@H]2c2ccc(F)cc2F)CC1.